The average Bonchev–Trinajstić information content (AvgIpc) is 3.03. The molecule has 1 spiro atoms. The van der Waals surface area contributed by atoms with E-state index >= 15 is 0 Å². The van der Waals surface area contributed by atoms with Crippen LogP contribution in [-0.4, -0.2) is 54.1 Å². The standard InChI is InChI=1S/C22H32N2O2/c25-21(24-15-4-10-22(12-16-24)11-5-17-26-22)20-8-6-19(7-9-20)18-23-13-2-1-3-14-23/h6-9H,1-5,10-18H2/t22-/m0/s1. The van der Waals surface area contributed by atoms with Crippen molar-refractivity contribution in [3.63, 3.8) is 0 Å². The predicted octanol–water partition coefficient (Wildman–Crippen LogP) is 3.85. The Hall–Kier alpha value is -1.39. The number of likely N-dealkylation sites (tertiary alicyclic amines) is 2. The van der Waals surface area contributed by atoms with Crippen molar-refractivity contribution in [1.29, 1.82) is 0 Å². The van der Waals surface area contributed by atoms with Crippen LogP contribution in [0.15, 0.2) is 24.3 Å². The number of rotatable bonds is 3. The van der Waals surface area contributed by atoms with Gasteiger partial charge in [0.2, 0.25) is 0 Å². The SMILES string of the molecule is O=C(c1ccc(CN2CCCCC2)cc1)N1CCC[C@]2(CCCO2)CC1. The van der Waals surface area contributed by atoms with Crippen LogP contribution in [0.2, 0.25) is 0 Å². The molecule has 1 amide bonds. The molecule has 0 radical (unpaired) electrons. The van der Waals surface area contributed by atoms with Crippen molar-refractivity contribution in [2.45, 2.75) is 63.5 Å². The molecule has 1 atom stereocenters. The quantitative estimate of drug-likeness (QED) is 0.825. The minimum Gasteiger partial charge on any atom is -0.375 e. The topological polar surface area (TPSA) is 32.8 Å². The second-order valence-electron chi connectivity index (χ2n) is 8.31. The number of ether oxygens (including phenoxy) is 1. The molecule has 142 valence electrons. The largest absolute Gasteiger partial charge is 0.375 e. The van der Waals surface area contributed by atoms with Gasteiger partial charge in [-0.3, -0.25) is 9.69 Å². The average molecular weight is 357 g/mol. The van der Waals surface area contributed by atoms with Crippen molar-refractivity contribution < 1.29 is 9.53 Å². The Morgan fingerprint density at radius 1 is 0.885 bits per heavy atom. The Labute approximate surface area is 157 Å². The summed E-state index contributed by atoms with van der Waals surface area (Å²) >= 11 is 0. The summed E-state index contributed by atoms with van der Waals surface area (Å²) in [6.45, 7) is 6.01. The van der Waals surface area contributed by atoms with E-state index in [9.17, 15) is 4.79 Å². The van der Waals surface area contributed by atoms with E-state index in [0.717, 1.165) is 51.1 Å². The molecule has 4 rings (SSSR count). The van der Waals surface area contributed by atoms with Crippen molar-refractivity contribution in [3.8, 4) is 0 Å². The molecule has 0 N–H and O–H groups in total. The number of benzene rings is 1. The third-order valence-electron chi connectivity index (χ3n) is 6.43. The number of hydrogen-bond acceptors (Lipinski definition) is 3. The lowest BCUT2D eigenvalue weighted by atomic mass is 9.92. The fourth-order valence-corrected chi connectivity index (χ4v) is 4.83. The molecular weight excluding hydrogens is 324 g/mol. The summed E-state index contributed by atoms with van der Waals surface area (Å²) in [6.07, 6.45) is 9.49. The third kappa shape index (κ3) is 4.12. The first-order valence-electron chi connectivity index (χ1n) is 10.5. The highest BCUT2D eigenvalue weighted by Crippen LogP contribution is 2.35. The number of amides is 1. The first kappa shape index (κ1) is 18.0. The molecule has 4 nitrogen and oxygen atoms in total. The monoisotopic (exact) mass is 356 g/mol. The molecule has 0 aliphatic carbocycles. The van der Waals surface area contributed by atoms with Crippen LogP contribution < -0.4 is 0 Å². The Balaban J connectivity index is 1.35. The molecule has 0 unspecified atom stereocenters. The molecular formula is C22H32N2O2. The number of carbonyl (C=O) groups excluding carboxylic acids is 1. The van der Waals surface area contributed by atoms with Gasteiger partial charge >= 0.3 is 0 Å². The maximum absolute atomic E-state index is 12.9. The van der Waals surface area contributed by atoms with Crippen LogP contribution in [0.1, 0.15) is 67.3 Å². The predicted molar refractivity (Wildman–Crippen MR) is 103 cm³/mol. The van der Waals surface area contributed by atoms with Crippen molar-refractivity contribution in [2.24, 2.45) is 0 Å². The van der Waals surface area contributed by atoms with Gasteiger partial charge in [0.25, 0.3) is 5.91 Å². The van der Waals surface area contributed by atoms with Crippen LogP contribution in [0.3, 0.4) is 0 Å². The van der Waals surface area contributed by atoms with Gasteiger partial charge in [0, 0.05) is 31.8 Å². The maximum atomic E-state index is 12.9. The summed E-state index contributed by atoms with van der Waals surface area (Å²) < 4.78 is 6.04. The molecule has 26 heavy (non-hydrogen) atoms. The van der Waals surface area contributed by atoms with Crippen LogP contribution in [0.5, 0.6) is 0 Å². The summed E-state index contributed by atoms with van der Waals surface area (Å²) in [6, 6.07) is 8.32. The summed E-state index contributed by atoms with van der Waals surface area (Å²) in [7, 11) is 0. The third-order valence-corrected chi connectivity index (χ3v) is 6.43. The minimum atomic E-state index is 0.0628. The fraction of sp³-hybridized carbons (Fsp3) is 0.682. The number of carbonyl (C=O) groups is 1. The second kappa shape index (κ2) is 8.10. The zero-order valence-corrected chi connectivity index (χ0v) is 15.9. The van der Waals surface area contributed by atoms with Crippen molar-refractivity contribution in [1.82, 2.24) is 9.80 Å². The van der Waals surface area contributed by atoms with Gasteiger partial charge in [-0.2, -0.15) is 0 Å². The maximum Gasteiger partial charge on any atom is 0.253 e. The van der Waals surface area contributed by atoms with Gasteiger partial charge in [-0.1, -0.05) is 18.6 Å². The zero-order valence-electron chi connectivity index (χ0n) is 15.9. The van der Waals surface area contributed by atoms with Crippen LogP contribution in [-0.2, 0) is 11.3 Å². The molecule has 3 saturated heterocycles. The molecule has 3 heterocycles. The van der Waals surface area contributed by atoms with E-state index in [4.69, 9.17) is 4.74 Å². The van der Waals surface area contributed by atoms with Gasteiger partial charge in [-0.05, 0) is 75.7 Å². The Morgan fingerprint density at radius 2 is 1.65 bits per heavy atom. The number of hydrogen-bond donors (Lipinski definition) is 0. The molecule has 3 fully saturated rings. The molecule has 0 bridgehead atoms. The van der Waals surface area contributed by atoms with E-state index in [2.05, 4.69) is 17.0 Å². The Kier molecular flexibility index (Phi) is 5.60. The zero-order chi connectivity index (χ0) is 17.8. The highest BCUT2D eigenvalue weighted by molar-refractivity contribution is 5.94. The number of nitrogens with zero attached hydrogens (tertiary/aromatic N) is 2. The fourth-order valence-electron chi connectivity index (χ4n) is 4.83. The van der Waals surface area contributed by atoms with Gasteiger partial charge in [-0.25, -0.2) is 0 Å². The van der Waals surface area contributed by atoms with Crippen LogP contribution in [0, 0.1) is 0 Å². The first-order chi connectivity index (χ1) is 12.7. The molecule has 0 aromatic heterocycles. The van der Waals surface area contributed by atoms with Crippen molar-refractivity contribution in [2.75, 3.05) is 32.8 Å². The van der Waals surface area contributed by atoms with Gasteiger partial charge < -0.3 is 9.64 Å². The van der Waals surface area contributed by atoms with Crippen molar-refractivity contribution in [3.05, 3.63) is 35.4 Å². The van der Waals surface area contributed by atoms with Gasteiger partial charge in [0.15, 0.2) is 0 Å². The molecule has 0 saturated carbocycles. The second-order valence-corrected chi connectivity index (χ2v) is 8.31. The highest BCUT2D eigenvalue weighted by atomic mass is 16.5. The first-order valence-corrected chi connectivity index (χ1v) is 10.5. The molecule has 4 heteroatoms. The van der Waals surface area contributed by atoms with E-state index in [-0.39, 0.29) is 11.5 Å². The van der Waals surface area contributed by atoms with E-state index in [1.54, 1.807) is 0 Å². The smallest absolute Gasteiger partial charge is 0.253 e. The molecule has 3 aliphatic heterocycles. The molecule has 1 aromatic carbocycles. The minimum absolute atomic E-state index is 0.0628. The van der Waals surface area contributed by atoms with Gasteiger partial charge in [-0.15, -0.1) is 0 Å². The van der Waals surface area contributed by atoms with E-state index in [1.165, 1.54) is 50.8 Å². The lowest BCUT2D eigenvalue weighted by Gasteiger charge is -2.27. The summed E-state index contributed by atoms with van der Waals surface area (Å²) in [5.41, 5.74) is 2.21. The van der Waals surface area contributed by atoms with Crippen LogP contribution in [0.4, 0.5) is 0 Å². The lowest BCUT2D eigenvalue weighted by Crippen LogP contribution is -2.34. The highest BCUT2D eigenvalue weighted by Gasteiger charge is 2.37. The van der Waals surface area contributed by atoms with Crippen molar-refractivity contribution >= 4 is 5.91 Å². The van der Waals surface area contributed by atoms with Crippen LogP contribution in [0.25, 0.3) is 0 Å². The van der Waals surface area contributed by atoms with Crippen LogP contribution >= 0.6 is 0 Å². The van der Waals surface area contributed by atoms with Gasteiger partial charge in [0.1, 0.15) is 0 Å². The number of piperidine rings is 1. The summed E-state index contributed by atoms with van der Waals surface area (Å²) in [5, 5.41) is 0. The molecule has 3 aliphatic rings. The van der Waals surface area contributed by atoms with E-state index in [1.807, 2.05) is 17.0 Å². The summed E-state index contributed by atoms with van der Waals surface area (Å²) in [4.78, 5) is 17.5. The lowest BCUT2D eigenvalue weighted by molar-refractivity contribution is -0.00691. The van der Waals surface area contributed by atoms with Gasteiger partial charge in [0.05, 0.1) is 5.60 Å². The molecule has 1 aromatic rings. The van der Waals surface area contributed by atoms with E-state index < -0.39 is 0 Å². The Morgan fingerprint density at radius 3 is 2.38 bits per heavy atom. The van der Waals surface area contributed by atoms with E-state index in [0.29, 0.717) is 0 Å². The Bertz CT molecular complexity index is 601. The summed E-state index contributed by atoms with van der Waals surface area (Å²) in [5.74, 6) is 0.185. The normalized spacial score (nSPS) is 27.6.